The lowest BCUT2D eigenvalue weighted by Crippen LogP contribution is -2.57. The zero-order valence-corrected chi connectivity index (χ0v) is 10.9. The number of nitrogens with zero attached hydrogens (tertiary/aromatic N) is 1. The van der Waals surface area contributed by atoms with Crippen molar-refractivity contribution in [3.8, 4) is 0 Å². The first-order valence-corrected chi connectivity index (χ1v) is 6.45. The number of hydrogen-bond acceptors (Lipinski definition) is 3. The van der Waals surface area contributed by atoms with Crippen molar-refractivity contribution in [2.45, 2.75) is 31.2 Å². The highest BCUT2D eigenvalue weighted by Gasteiger charge is 2.53. The van der Waals surface area contributed by atoms with Crippen LogP contribution >= 0.6 is 0 Å². The maximum Gasteiger partial charge on any atom is 0.305 e. The number of benzene rings is 1. The Hall–Kier alpha value is -2.31. The van der Waals surface area contributed by atoms with Crippen LogP contribution in [0.4, 0.5) is 8.78 Å². The summed E-state index contributed by atoms with van der Waals surface area (Å²) in [5, 5.41) is 8.98. The number of carboxylic acid groups (broad SMARTS) is 1. The molecule has 110 valence electrons. The molecular weight excluding hydrogens is 284 g/mol. The van der Waals surface area contributed by atoms with E-state index in [1.165, 1.54) is 0 Å². The van der Waals surface area contributed by atoms with Crippen LogP contribution < -0.4 is 0 Å². The monoisotopic (exact) mass is 295 g/mol. The Morgan fingerprint density at radius 1 is 1.14 bits per heavy atom. The van der Waals surface area contributed by atoms with E-state index in [1.807, 2.05) is 0 Å². The van der Waals surface area contributed by atoms with Gasteiger partial charge < -0.3 is 5.11 Å². The van der Waals surface area contributed by atoms with Crippen molar-refractivity contribution in [3.05, 3.63) is 34.9 Å². The molecule has 0 aromatic heterocycles. The molecule has 0 spiro atoms. The molecule has 1 aromatic rings. The van der Waals surface area contributed by atoms with Crippen LogP contribution in [0.25, 0.3) is 0 Å². The van der Waals surface area contributed by atoms with Gasteiger partial charge in [-0.2, -0.15) is 0 Å². The number of carbonyl (C=O) groups is 3. The third kappa shape index (κ3) is 1.84. The minimum Gasteiger partial charge on any atom is -0.481 e. The minimum absolute atomic E-state index is 0.212. The first kappa shape index (κ1) is 13.7. The van der Waals surface area contributed by atoms with Crippen LogP contribution in [0, 0.1) is 11.6 Å². The third-order valence-corrected chi connectivity index (χ3v) is 4.17. The average Bonchev–Trinajstić information content (AvgIpc) is 2.59. The van der Waals surface area contributed by atoms with Crippen molar-refractivity contribution in [2.75, 3.05) is 0 Å². The highest BCUT2D eigenvalue weighted by atomic mass is 19.2. The quantitative estimate of drug-likeness (QED) is 0.865. The van der Waals surface area contributed by atoms with Crippen molar-refractivity contribution in [2.24, 2.45) is 0 Å². The van der Waals surface area contributed by atoms with E-state index >= 15 is 0 Å². The van der Waals surface area contributed by atoms with Crippen molar-refractivity contribution >= 4 is 17.8 Å². The standard InChI is InChI=1S/C14H11F2NO4/c15-9-4-7-8(5-10(9)16)13(21)17(12(7)20)14(2-1-3-14)6-11(18)19/h4-5H,1-3,6H2,(H,18,19). The fourth-order valence-corrected chi connectivity index (χ4v) is 3.01. The highest BCUT2D eigenvalue weighted by molar-refractivity contribution is 6.22. The first-order valence-electron chi connectivity index (χ1n) is 6.45. The molecule has 2 amide bonds. The fraction of sp³-hybridized carbons (Fsp3) is 0.357. The number of hydrogen-bond donors (Lipinski definition) is 1. The molecule has 1 aromatic carbocycles. The lowest BCUT2D eigenvalue weighted by atomic mass is 9.73. The molecule has 0 atom stereocenters. The fourth-order valence-electron chi connectivity index (χ4n) is 3.01. The summed E-state index contributed by atoms with van der Waals surface area (Å²) >= 11 is 0. The van der Waals surface area contributed by atoms with Gasteiger partial charge in [0.05, 0.1) is 23.1 Å². The molecule has 5 nitrogen and oxygen atoms in total. The maximum absolute atomic E-state index is 13.3. The topological polar surface area (TPSA) is 74.7 Å². The largest absolute Gasteiger partial charge is 0.481 e. The number of halogens is 2. The number of aliphatic carboxylic acids is 1. The van der Waals surface area contributed by atoms with E-state index in [-0.39, 0.29) is 17.5 Å². The molecule has 1 saturated carbocycles. The molecule has 3 rings (SSSR count). The summed E-state index contributed by atoms with van der Waals surface area (Å²) in [6, 6.07) is 1.38. The van der Waals surface area contributed by atoms with Gasteiger partial charge in [0.15, 0.2) is 11.6 Å². The van der Waals surface area contributed by atoms with Crippen LogP contribution in [0.1, 0.15) is 46.4 Å². The number of fused-ring (bicyclic) bond motifs is 1. The Labute approximate surface area is 118 Å². The number of imide groups is 1. The van der Waals surface area contributed by atoms with Gasteiger partial charge in [-0.05, 0) is 31.4 Å². The SMILES string of the molecule is O=C(O)CC1(N2C(=O)c3cc(F)c(F)cc3C2=O)CCC1. The van der Waals surface area contributed by atoms with Crippen LogP contribution in [-0.4, -0.2) is 33.3 Å². The van der Waals surface area contributed by atoms with Gasteiger partial charge in [0.25, 0.3) is 11.8 Å². The van der Waals surface area contributed by atoms with Gasteiger partial charge in [0.2, 0.25) is 0 Å². The van der Waals surface area contributed by atoms with Crippen LogP contribution in [0.5, 0.6) is 0 Å². The van der Waals surface area contributed by atoms with Gasteiger partial charge in [-0.3, -0.25) is 19.3 Å². The Balaban J connectivity index is 2.05. The predicted molar refractivity (Wildman–Crippen MR) is 65.7 cm³/mol. The molecule has 2 aliphatic rings. The van der Waals surface area contributed by atoms with E-state index in [1.54, 1.807) is 0 Å². The number of carbonyl (C=O) groups excluding carboxylic acids is 2. The van der Waals surface area contributed by atoms with Crippen molar-refractivity contribution in [1.82, 2.24) is 4.90 Å². The summed E-state index contributed by atoms with van der Waals surface area (Å²) in [6.45, 7) is 0. The predicted octanol–water partition coefficient (Wildman–Crippen LogP) is 1.96. The van der Waals surface area contributed by atoms with Crippen LogP contribution in [-0.2, 0) is 4.79 Å². The van der Waals surface area contributed by atoms with Crippen LogP contribution in [0.2, 0.25) is 0 Å². The number of carboxylic acids is 1. The molecule has 1 aliphatic carbocycles. The van der Waals surface area contributed by atoms with Gasteiger partial charge in [-0.15, -0.1) is 0 Å². The van der Waals surface area contributed by atoms with Gasteiger partial charge in [0.1, 0.15) is 0 Å². The molecule has 1 heterocycles. The van der Waals surface area contributed by atoms with E-state index in [0.717, 1.165) is 4.90 Å². The van der Waals surface area contributed by atoms with Gasteiger partial charge >= 0.3 is 5.97 Å². The third-order valence-electron chi connectivity index (χ3n) is 4.17. The molecule has 1 N–H and O–H groups in total. The zero-order chi connectivity index (χ0) is 15.4. The normalized spacial score (nSPS) is 19.4. The van der Waals surface area contributed by atoms with Gasteiger partial charge in [0, 0.05) is 0 Å². The zero-order valence-electron chi connectivity index (χ0n) is 10.9. The summed E-state index contributed by atoms with van der Waals surface area (Å²) in [5.41, 5.74) is -1.50. The lowest BCUT2D eigenvalue weighted by Gasteiger charge is -2.46. The summed E-state index contributed by atoms with van der Waals surface area (Å²) < 4.78 is 26.5. The molecule has 1 aliphatic heterocycles. The van der Waals surface area contributed by atoms with E-state index in [9.17, 15) is 23.2 Å². The van der Waals surface area contributed by atoms with Crippen molar-refractivity contribution in [1.29, 1.82) is 0 Å². The summed E-state index contributed by atoms with van der Waals surface area (Å²) in [4.78, 5) is 36.5. The second kappa shape index (κ2) is 4.34. The molecule has 7 heteroatoms. The van der Waals surface area contributed by atoms with Crippen LogP contribution in [0.3, 0.4) is 0 Å². The molecule has 0 bridgehead atoms. The Morgan fingerprint density at radius 2 is 1.62 bits per heavy atom. The van der Waals surface area contributed by atoms with Gasteiger partial charge in [-0.1, -0.05) is 0 Å². The van der Waals surface area contributed by atoms with Crippen molar-refractivity contribution in [3.63, 3.8) is 0 Å². The second-order valence-electron chi connectivity index (χ2n) is 5.41. The molecular formula is C14H11F2NO4. The highest BCUT2D eigenvalue weighted by Crippen LogP contribution is 2.44. The van der Waals surface area contributed by atoms with Crippen LogP contribution in [0.15, 0.2) is 12.1 Å². The Morgan fingerprint density at radius 3 is 1.95 bits per heavy atom. The summed E-state index contributed by atoms with van der Waals surface area (Å²) in [7, 11) is 0. The molecule has 1 fully saturated rings. The summed E-state index contributed by atoms with van der Waals surface area (Å²) in [5.74, 6) is -5.05. The molecule has 0 radical (unpaired) electrons. The second-order valence-corrected chi connectivity index (χ2v) is 5.41. The lowest BCUT2D eigenvalue weighted by molar-refractivity contribution is -0.141. The molecule has 0 unspecified atom stereocenters. The maximum atomic E-state index is 13.3. The van der Waals surface area contributed by atoms with Crippen molar-refractivity contribution < 1.29 is 28.3 Å². The van der Waals surface area contributed by atoms with E-state index in [2.05, 4.69) is 0 Å². The summed E-state index contributed by atoms with van der Waals surface area (Å²) in [6.07, 6.45) is 1.11. The van der Waals surface area contributed by atoms with Gasteiger partial charge in [-0.25, -0.2) is 8.78 Å². The Bertz CT molecular complexity index is 641. The smallest absolute Gasteiger partial charge is 0.305 e. The van der Waals surface area contributed by atoms with E-state index < -0.39 is 35.0 Å². The molecule has 21 heavy (non-hydrogen) atoms. The average molecular weight is 295 g/mol. The Kier molecular flexibility index (Phi) is 2.82. The first-order chi connectivity index (χ1) is 9.85. The number of rotatable bonds is 3. The van der Waals surface area contributed by atoms with E-state index in [4.69, 9.17) is 5.11 Å². The van der Waals surface area contributed by atoms with E-state index in [0.29, 0.717) is 31.4 Å². The molecule has 0 saturated heterocycles. The minimum atomic E-state index is -1.21. The number of amides is 2.